The van der Waals surface area contributed by atoms with Crippen LogP contribution in [0.1, 0.15) is 5.56 Å². The minimum Gasteiger partial charge on any atom is -0.382 e. The van der Waals surface area contributed by atoms with Crippen molar-refractivity contribution >= 4 is 10.0 Å². The quantitative estimate of drug-likeness (QED) is 0.639. The van der Waals surface area contributed by atoms with Crippen LogP contribution >= 0.6 is 0 Å². The van der Waals surface area contributed by atoms with Gasteiger partial charge in [0, 0.05) is 20.7 Å². The Balaban J connectivity index is 2.39. The maximum Gasteiger partial charge on any atom is 0.216 e. The van der Waals surface area contributed by atoms with Gasteiger partial charge in [-0.25, -0.2) is 12.7 Å². The Kier molecular flexibility index (Phi) is 7.01. The second-order valence-corrected chi connectivity index (χ2v) is 6.36. The van der Waals surface area contributed by atoms with Crippen LogP contribution in [-0.2, 0) is 26.0 Å². The summed E-state index contributed by atoms with van der Waals surface area (Å²) in [5.74, 6) is -0.0138. The van der Waals surface area contributed by atoms with E-state index in [-0.39, 0.29) is 12.4 Å². The van der Waals surface area contributed by atoms with Crippen molar-refractivity contribution in [2.24, 2.45) is 0 Å². The fraction of sp³-hybridized carbons (Fsp3) is 0.538. The predicted molar refractivity (Wildman–Crippen MR) is 74.4 cm³/mol. The van der Waals surface area contributed by atoms with Crippen molar-refractivity contribution in [1.29, 1.82) is 0 Å². The summed E-state index contributed by atoms with van der Waals surface area (Å²) in [5, 5.41) is 0. The van der Waals surface area contributed by atoms with E-state index in [0.717, 1.165) is 5.56 Å². The first-order chi connectivity index (χ1) is 9.06. The van der Waals surface area contributed by atoms with Crippen molar-refractivity contribution in [2.45, 2.75) is 6.54 Å². The van der Waals surface area contributed by atoms with Crippen molar-refractivity contribution in [2.75, 3.05) is 39.7 Å². The molecule has 0 atom stereocenters. The van der Waals surface area contributed by atoms with Gasteiger partial charge in [-0.15, -0.1) is 0 Å². The normalized spacial score (nSPS) is 11.9. The van der Waals surface area contributed by atoms with E-state index < -0.39 is 10.0 Å². The minimum absolute atomic E-state index is 0.0138. The topological polar surface area (TPSA) is 55.8 Å². The van der Waals surface area contributed by atoms with Crippen molar-refractivity contribution in [3.8, 4) is 0 Å². The van der Waals surface area contributed by atoms with Crippen molar-refractivity contribution in [3.63, 3.8) is 0 Å². The van der Waals surface area contributed by atoms with E-state index in [9.17, 15) is 8.42 Å². The Hall–Kier alpha value is -0.950. The molecule has 19 heavy (non-hydrogen) atoms. The molecular weight excluding hydrogens is 266 g/mol. The van der Waals surface area contributed by atoms with Gasteiger partial charge in [0.25, 0.3) is 0 Å². The summed E-state index contributed by atoms with van der Waals surface area (Å²) in [5.41, 5.74) is 0.967. The second kappa shape index (κ2) is 8.27. The lowest BCUT2D eigenvalue weighted by atomic mass is 10.2. The summed E-state index contributed by atoms with van der Waals surface area (Å²) >= 11 is 0. The van der Waals surface area contributed by atoms with Crippen LogP contribution in [-0.4, -0.2) is 52.5 Å². The predicted octanol–water partition coefficient (Wildman–Crippen LogP) is 1.11. The highest BCUT2D eigenvalue weighted by atomic mass is 32.2. The first kappa shape index (κ1) is 16.1. The lowest BCUT2D eigenvalue weighted by Crippen LogP contribution is -2.30. The largest absolute Gasteiger partial charge is 0.382 e. The van der Waals surface area contributed by atoms with Crippen molar-refractivity contribution in [3.05, 3.63) is 35.9 Å². The average Bonchev–Trinajstić information content (AvgIpc) is 2.39. The maximum atomic E-state index is 12.0. The molecule has 0 N–H and O–H groups in total. The Labute approximate surface area is 115 Å². The molecule has 0 radical (unpaired) electrons. The molecule has 108 valence electrons. The van der Waals surface area contributed by atoms with Crippen LogP contribution in [0.15, 0.2) is 30.3 Å². The van der Waals surface area contributed by atoms with E-state index in [4.69, 9.17) is 9.47 Å². The molecule has 1 rings (SSSR count). The van der Waals surface area contributed by atoms with Gasteiger partial charge in [0.15, 0.2) is 0 Å². The summed E-state index contributed by atoms with van der Waals surface area (Å²) < 4.78 is 35.3. The van der Waals surface area contributed by atoms with E-state index in [1.807, 2.05) is 30.3 Å². The molecule has 0 amide bonds. The summed E-state index contributed by atoms with van der Waals surface area (Å²) in [6.07, 6.45) is 0. The SMILES string of the molecule is COCCOCCS(=O)(=O)N(C)Cc1ccccc1. The molecule has 0 fully saturated rings. The third kappa shape index (κ3) is 6.15. The summed E-state index contributed by atoms with van der Waals surface area (Å²) in [7, 11) is -0.120. The number of hydrogen-bond donors (Lipinski definition) is 0. The Bertz CT molecular complexity index is 447. The highest BCUT2D eigenvalue weighted by molar-refractivity contribution is 7.89. The maximum absolute atomic E-state index is 12.0. The molecule has 0 aliphatic rings. The molecule has 0 heterocycles. The number of ether oxygens (including phenoxy) is 2. The molecule has 1 aromatic carbocycles. The first-order valence-electron chi connectivity index (χ1n) is 6.11. The number of sulfonamides is 1. The van der Waals surface area contributed by atoms with E-state index in [0.29, 0.717) is 19.8 Å². The number of benzene rings is 1. The summed E-state index contributed by atoms with van der Waals surface area (Å²) in [4.78, 5) is 0. The summed E-state index contributed by atoms with van der Waals surface area (Å²) in [6.45, 7) is 1.44. The Morgan fingerprint density at radius 3 is 2.42 bits per heavy atom. The van der Waals surface area contributed by atoms with Gasteiger partial charge in [0.05, 0.1) is 25.6 Å². The van der Waals surface area contributed by atoms with Gasteiger partial charge in [-0.1, -0.05) is 30.3 Å². The molecule has 0 saturated heterocycles. The molecule has 0 aliphatic carbocycles. The molecule has 0 saturated carbocycles. The molecule has 1 aromatic rings. The number of hydrogen-bond acceptors (Lipinski definition) is 4. The van der Waals surface area contributed by atoms with Crippen LogP contribution in [0.5, 0.6) is 0 Å². The fourth-order valence-electron chi connectivity index (χ4n) is 1.50. The first-order valence-corrected chi connectivity index (χ1v) is 7.72. The van der Waals surface area contributed by atoms with Gasteiger partial charge >= 0.3 is 0 Å². The number of methoxy groups -OCH3 is 1. The summed E-state index contributed by atoms with van der Waals surface area (Å²) in [6, 6.07) is 9.50. The highest BCUT2D eigenvalue weighted by Gasteiger charge is 2.17. The van der Waals surface area contributed by atoms with Gasteiger partial charge in [-0.05, 0) is 5.56 Å². The lowest BCUT2D eigenvalue weighted by molar-refractivity contribution is 0.0782. The minimum atomic E-state index is -3.28. The van der Waals surface area contributed by atoms with Gasteiger partial charge in [-0.3, -0.25) is 0 Å². The van der Waals surface area contributed by atoms with Gasteiger partial charge in [0.2, 0.25) is 10.0 Å². The Morgan fingerprint density at radius 2 is 1.79 bits per heavy atom. The molecule has 0 aromatic heterocycles. The Morgan fingerprint density at radius 1 is 1.11 bits per heavy atom. The van der Waals surface area contributed by atoms with Gasteiger partial charge in [0.1, 0.15) is 0 Å². The zero-order valence-electron chi connectivity index (χ0n) is 11.4. The smallest absolute Gasteiger partial charge is 0.216 e. The monoisotopic (exact) mass is 287 g/mol. The molecule has 6 heteroatoms. The van der Waals surface area contributed by atoms with Crippen LogP contribution in [0.25, 0.3) is 0 Å². The van der Waals surface area contributed by atoms with E-state index in [1.165, 1.54) is 4.31 Å². The third-order valence-corrected chi connectivity index (χ3v) is 4.40. The van der Waals surface area contributed by atoms with Gasteiger partial charge in [-0.2, -0.15) is 0 Å². The molecule has 0 bridgehead atoms. The van der Waals surface area contributed by atoms with Gasteiger partial charge < -0.3 is 9.47 Å². The van der Waals surface area contributed by atoms with E-state index >= 15 is 0 Å². The molecule has 0 spiro atoms. The molecular formula is C13H21NO4S. The van der Waals surface area contributed by atoms with Crippen molar-refractivity contribution < 1.29 is 17.9 Å². The molecule has 5 nitrogen and oxygen atoms in total. The fourth-order valence-corrected chi connectivity index (χ4v) is 2.49. The average molecular weight is 287 g/mol. The van der Waals surface area contributed by atoms with Crippen LogP contribution in [0.2, 0.25) is 0 Å². The van der Waals surface area contributed by atoms with E-state index in [1.54, 1.807) is 14.2 Å². The number of rotatable bonds is 9. The standard InChI is InChI=1S/C13H21NO4S/c1-14(12-13-6-4-3-5-7-13)19(15,16)11-10-18-9-8-17-2/h3-7H,8-12H2,1-2H3. The van der Waals surface area contributed by atoms with Crippen LogP contribution in [0.4, 0.5) is 0 Å². The number of nitrogens with zero attached hydrogens (tertiary/aromatic N) is 1. The third-order valence-electron chi connectivity index (χ3n) is 2.64. The van der Waals surface area contributed by atoms with E-state index in [2.05, 4.69) is 0 Å². The zero-order chi connectivity index (χ0) is 14.1. The van der Waals surface area contributed by atoms with Crippen molar-refractivity contribution in [1.82, 2.24) is 4.31 Å². The zero-order valence-corrected chi connectivity index (χ0v) is 12.2. The lowest BCUT2D eigenvalue weighted by Gasteiger charge is -2.17. The molecule has 0 unspecified atom stereocenters. The van der Waals surface area contributed by atoms with Crippen LogP contribution < -0.4 is 0 Å². The molecule has 0 aliphatic heterocycles. The second-order valence-electron chi connectivity index (χ2n) is 4.16. The van der Waals surface area contributed by atoms with Crippen LogP contribution in [0, 0.1) is 0 Å². The van der Waals surface area contributed by atoms with Crippen LogP contribution in [0.3, 0.4) is 0 Å². The highest BCUT2D eigenvalue weighted by Crippen LogP contribution is 2.07.